The lowest BCUT2D eigenvalue weighted by atomic mass is 9.80. The Morgan fingerprint density at radius 2 is 1.95 bits per heavy atom. The molecule has 0 saturated heterocycles. The molecule has 7 nitrogen and oxygen atoms in total. The molecule has 2 amide bonds. The normalized spacial score (nSPS) is 18.2. The molecule has 22 heavy (non-hydrogen) atoms. The molecule has 0 unspecified atom stereocenters. The Morgan fingerprint density at radius 1 is 1.27 bits per heavy atom. The van der Waals surface area contributed by atoms with Crippen LogP contribution in [0.15, 0.2) is 18.3 Å². The number of hydrogen-bond donors (Lipinski definition) is 4. The van der Waals surface area contributed by atoms with Crippen molar-refractivity contribution < 1.29 is 19.5 Å². The van der Waals surface area contributed by atoms with Crippen molar-refractivity contribution in [2.45, 2.75) is 50.6 Å². The molecule has 1 aliphatic rings. The van der Waals surface area contributed by atoms with E-state index < -0.39 is 23.5 Å². The molecule has 120 valence electrons. The summed E-state index contributed by atoms with van der Waals surface area (Å²) in [6.07, 6.45) is 5.30. The molecule has 1 atom stereocenters. The molecule has 0 aliphatic heterocycles. The van der Waals surface area contributed by atoms with Crippen molar-refractivity contribution in [1.29, 1.82) is 0 Å². The van der Waals surface area contributed by atoms with Crippen molar-refractivity contribution in [2.24, 2.45) is 0 Å². The monoisotopic (exact) mass is 307 g/mol. The van der Waals surface area contributed by atoms with E-state index in [1.807, 2.05) is 0 Å². The Bertz CT molecular complexity index is 547. The highest BCUT2D eigenvalue weighted by molar-refractivity contribution is 5.99. The number of carbonyl (C=O) groups is 3. The Labute approximate surface area is 128 Å². The summed E-state index contributed by atoms with van der Waals surface area (Å²) in [6.45, 7) is 1.41. The average Bonchev–Trinajstić information content (AvgIpc) is 3.02. The summed E-state index contributed by atoms with van der Waals surface area (Å²) >= 11 is 0. The van der Waals surface area contributed by atoms with Gasteiger partial charge in [-0.15, -0.1) is 0 Å². The molecule has 4 N–H and O–H groups in total. The maximum absolute atomic E-state index is 12.5. The van der Waals surface area contributed by atoms with E-state index in [4.69, 9.17) is 5.11 Å². The molecular weight excluding hydrogens is 286 g/mol. The minimum Gasteiger partial charge on any atom is -0.480 e. The topological polar surface area (TPSA) is 111 Å². The van der Waals surface area contributed by atoms with Gasteiger partial charge in [0.05, 0.1) is 0 Å². The van der Waals surface area contributed by atoms with Gasteiger partial charge in [0.1, 0.15) is 17.3 Å². The largest absolute Gasteiger partial charge is 0.480 e. The van der Waals surface area contributed by atoms with Crippen LogP contribution in [0.25, 0.3) is 0 Å². The molecule has 1 aliphatic carbocycles. The molecule has 1 saturated carbocycles. The van der Waals surface area contributed by atoms with E-state index in [1.165, 1.54) is 6.92 Å². The number of H-pyrrole nitrogens is 1. The van der Waals surface area contributed by atoms with Gasteiger partial charge in [-0.3, -0.25) is 14.4 Å². The highest BCUT2D eigenvalue weighted by atomic mass is 16.4. The molecule has 7 heteroatoms. The van der Waals surface area contributed by atoms with Crippen LogP contribution < -0.4 is 10.6 Å². The fourth-order valence-electron chi connectivity index (χ4n) is 2.72. The van der Waals surface area contributed by atoms with Crippen LogP contribution in [0.2, 0.25) is 0 Å². The molecule has 1 aromatic rings. The summed E-state index contributed by atoms with van der Waals surface area (Å²) < 4.78 is 0. The zero-order valence-corrected chi connectivity index (χ0v) is 12.5. The van der Waals surface area contributed by atoms with Gasteiger partial charge in [0.25, 0.3) is 5.91 Å². The van der Waals surface area contributed by atoms with Crippen molar-refractivity contribution >= 4 is 17.8 Å². The second kappa shape index (κ2) is 6.64. The van der Waals surface area contributed by atoms with E-state index in [0.29, 0.717) is 18.5 Å². The Kier molecular flexibility index (Phi) is 4.85. The third kappa shape index (κ3) is 3.47. The number of amides is 2. The van der Waals surface area contributed by atoms with Crippen molar-refractivity contribution in [3.63, 3.8) is 0 Å². The molecule has 2 rings (SSSR count). The minimum atomic E-state index is -1.10. The number of carboxylic acids is 1. The summed E-state index contributed by atoms with van der Waals surface area (Å²) in [5.41, 5.74) is -0.659. The minimum absolute atomic E-state index is 0.356. The number of aliphatic carboxylic acids is 1. The van der Waals surface area contributed by atoms with Crippen LogP contribution in [-0.4, -0.2) is 39.5 Å². The van der Waals surface area contributed by atoms with Crippen molar-refractivity contribution in [3.05, 3.63) is 24.0 Å². The lowest BCUT2D eigenvalue weighted by Gasteiger charge is -2.37. The van der Waals surface area contributed by atoms with Gasteiger partial charge < -0.3 is 20.7 Å². The lowest BCUT2D eigenvalue weighted by molar-refractivity contribution is -0.142. The van der Waals surface area contributed by atoms with E-state index in [9.17, 15) is 14.4 Å². The van der Waals surface area contributed by atoms with Crippen LogP contribution in [0, 0.1) is 0 Å². The zero-order valence-electron chi connectivity index (χ0n) is 12.5. The number of carboxylic acid groups (broad SMARTS) is 1. The van der Waals surface area contributed by atoms with Gasteiger partial charge in [0, 0.05) is 6.20 Å². The van der Waals surface area contributed by atoms with Crippen LogP contribution >= 0.6 is 0 Å². The molecule has 1 heterocycles. The van der Waals surface area contributed by atoms with Crippen LogP contribution in [-0.2, 0) is 9.59 Å². The second-order valence-corrected chi connectivity index (χ2v) is 5.71. The van der Waals surface area contributed by atoms with Gasteiger partial charge in [0.2, 0.25) is 5.91 Å². The number of aromatic nitrogens is 1. The van der Waals surface area contributed by atoms with Gasteiger partial charge in [0.15, 0.2) is 0 Å². The van der Waals surface area contributed by atoms with E-state index in [2.05, 4.69) is 15.6 Å². The van der Waals surface area contributed by atoms with Gasteiger partial charge in [-0.2, -0.15) is 0 Å². The fourth-order valence-corrected chi connectivity index (χ4v) is 2.72. The Balaban J connectivity index is 2.15. The predicted molar refractivity (Wildman–Crippen MR) is 79.3 cm³/mol. The predicted octanol–water partition coefficient (Wildman–Crippen LogP) is 1.04. The SMILES string of the molecule is C[C@H](NC(=O)C1(NC(=O)c2ccc[nH]2)CCCCC1)C(=O)O. The van der Waals surface area contributed by atoms with Gasteiger partial charge in [-0.1, -0.05) is 19.3 Å². The first kappa shape index (κ1) is 16.1. The number of nitrogens with one attached hydrogen (secondary N) is 3. The average molecular weight is 307 g/mol. The third-order valence-corrected chi connectivity index (χ3v) is 4.06. The van der Waals surface area contributed by atoms with E-state index in [0.717, 1.165) is 19.3 Å². The van der Waals surface area contributed by atoms with Crippen molar-refractivity contribution in [1.82, 2.24) is 15.6 Å². The summed E-state index contributed by atoms with van der Waals surface area (Å²) in [7, 11) is 0. The molecule has 0 radical (unpaired) electrons. The van der Waals surface area contributed by atoms with E-state index in [1.54, 1.807) is 18.3 Å². The summed E-state index contributed by atoms with van der Waals surface area (Å²) in [5.74, 6) is -1.89. The second-order valence-electron chi connectivity index (χ2n) is 5.71. The standard InChI is InChI=1S/C15H21N3O4/c1-10(13(20)21)17-14(22)15(7-3-2-4-8-15)18-12(19)11-6-5-9-16-11/h5-6,9-10,16H,2-4,7-8H2,1H3,(H,17,22)(H,18,19)(H,20,21)/t10-/m0/s1. The van der Waals surface area contributed by atoms with Crippen LogP contribution in [0.5, 0.6) is 0 Å². The maximum Gasteiger partial charge on any atom is 0.325 e. The quantitative estimate of drug-likeness (QED) is 0.651. The summed E-state index contributed by atoms with van der Waals surface area (Å²) in [5, 5.41) is 14.2. The third-order valence-electron chi connectivity index (χ3n) is 4.06. The zero-order chi connectivity index (χ0) is 16.2. The smallest absolute Gasteiger partial charge is 0.325 e. The number of rotatable bonds is 5. The van der Waals surface area contributed by atoms with Crippen molar-refractivity contribution in [3.8, 4) is 0 Å². The number of carbonyl (C=O) groups excluding carboxylic acids is 2. The number of aromatic amines is 1. The van der Waals surface area contributed by atoms with E-state index >= 15 is 0 Å². The lowest BCUT2D eigenvalue weighted by Crippen LogP contribution is -2.61. The first-order valence-corrected chi connectivity index (χ1v) is 7.44. The highest BCUT2D eigenvalue weighted by Crippen LogP contribution is 2.29. The van der Waals surface area contributed by atoms with Crippen LogP contribution in [0.1, 0.15) is 49.5 Å². The van der Waals surface area contributed by atoms with Crippen LogP contribution in [0.3, 0.4) is 0 Å². The Morgan fingerprint density at radius 3 is 2.50 bits per heavy atom. The summed E-state index contributed by atoms with van der Waals surface area (Å²) in [6, 6.07) is 2.34. The molecule has 0 spiro atoms. The highest BCUT2D eigenvalue weighted by Gasteiger charge is 2.42. The van der Waals surface area contributed by atoms with Gasteiger partial charge >= 0.3 is 5.97 Å². The molecule has 0 aromatic carbocycles. The molecular formula is C15H21N3O4. The molecule has 1 fully saturated rings. The molecule has 1 aromatic heterocycles. The van der Waals surface area contributed by atoms with Crippen LogP contribution in [0.4, 0.5) is 0 Å². The first-order valence-electron chi connectivity index (χ1n) is 7.44. The summed E-state index contributed by atoms with van der Waals surface area (Å²) in [4.78, 5) is 38.5. The first-order chi connectivity index (χ1) is 10.4. The number of hydrogen-bond acceptors (Lipinski definition) is 3. The van der Waals surface area contributed by atoms with E-state index in [-0.39, 0.29) is 5.91 Å². The Hall–Kier alpha value is -2.31. The van der Waals surface area contributed by atoms with Crippen molar-refractivity contribution in [2.75, 3.05) is 0 Å². The fraction of sp³-hybridized carbons (Fsp3) is 0.533. The maximum atomic E-state index is 12.5. The van der Waals surface area contributed by atoms with Gasteiger partial charge in [-0.05, 0) is 31.9 Å². The van der Waals surface area contributed by atoms with Gasteiger partial charge in [-0.25, -0.2) is 0 Å². The molecule has 0 bridgehead atoms.